The molecule has 0 fully saturated rings. The van der Waals surface area contributed by atoms with E-state index in [1.807, 2.05) is 44.2 Å². The summed E-state index contributed by atoms with van der Waals surface area (Å²) in [6, 6.07) is 15.6. The molecule has 3 N–H and O–H groups in total. The van der Waals surface area contributed by atoms with E-state index in [9.17, 15) is 14.4 Å². The van der Waals surface area contributed by atoms with Gasteiger partial charge in [0.1, 0.15) is 0 Å². The lowest BCUT2D eigenvalue weighted by Gasteiger charge is -2.21. The summed E-state index contributed by atoms with van der Waals surface area (Å²) in [7, 11) is 0. The molecule has 0 aliphatic heterocycles. The fourth-order valence-electron chi connectivity index (χ4n) is 2.73. The van der Waals surface area contributed by atoms with Crippen molar-refractivity contribution < 1.29 is 19.1 Å². The predicted octanol–water partition coefficient (Wildman–Crippen LogP) is 3.10. The number of primary amides is 1. The molecule has 2 amide bonds. The molecular weight excluding hydrogens is 344 g/mol. The van der Waals surface area contributed by atoms with E-state index in [1.165, 1.54) is 12.1 Å². The number of amides is 2. The number of esters is 1. The second kappa shape index (κ2) is 9.52. The summed E-state index contributed by atoms with van der Waals surface area (Å²) in [5, 5.41) is 2.62. The highest BCUT2D eigenvalue weighted by Crippen LogP contribution is 2.28. The largest absolute Gasteiger partial charge is 0.455 e. The zero-order valence-electron chi connectivity index (χ0n) is 15.5. The van der Waals surface area contributed by atoms with E-state index in [-0.39, 0.29) is 12.5 Å². The highest BCUT2D eigenvalue weighted by Gasteiger charge is 2.27. The van der Waals surface area contributed by atoms with Gasteiger partial charge >= 0.3 is 5.97 Å². The van der Waals surface area contributed by atoms with E-state index in [0.717, 1.165) is 12.0 Å². The molecule has 0 aliphatic carbocycles. The molecule has 0 unspecified atom stereocenters. The number of nitrogens with one attached hydrogen (secondary N) is 1. The summed E-state index contributed by atoms with van der Waals surface area (Å²) >= 11 is 0. The smallest absolute Gasteiger partial charge is 0.314 e. The Bertz CT molecular complexity index is 788. The number of hydrogen-bond donors (Lipinski definition) is 2. The summed E-state index contributed by atoms with van der Waals surface area (Å²) < 4.78 is 5.25. The first kappa shape index (κ1) is 20.2. The molecule has 0 aromatic heterocycles. The van der Waals surface area contributed by atoms with Crippen molar-refractivity contribution in [2.24, 2.45) is 11.7 Å². The van der Waals surface area contributed by atoms with Crippen LogP contribution >= 0.6 is 0 Å². The van der Waals surface area contributed by atoms with Crippen LogP contribution in [-0.2, 0) is 14.3 Å². The van der Waals surface area contributed by atoms with Crippen LogP contribution in [0.4, 0.5) is 5.69 Å². The Labute approximate surface area is 158 Å². The Hall–Kier alpha value is -3.15. The summed E-state index contributed by atoms with van der Waals surface area (Å²) in [6.45, 7) is 3.62. The number of anilines is 1. The highest BCUT2D eigenvalue weighted by molar-refractivity contribution is 5.95. The number of benzene rings is 2. The van der Waals surface area contributed by atoms with Crippen molar-refractivity contribution >= 4 is 23.5 Å². The molecular formula is C21H24N2O4. The van der Waals surface area contributed by atoms with Crippen LogP contribution in [0.3, 0.4) is 0 Å². The lowest BCUT2D eigenvalue weighted by molar-refractivity contribution is -0.150. The van der Waals surface area contributed by atoms with Crippen molar-refractivity contribution in [3.05, 3.63) is 65.7 Å². The second-order valence-electron chi connectivity index (χ2n) is 6.37. The van der Waals surface area contributed by atoms with Gasteiger partial charge in [-0.05, 0) is 35.7 Å². The Kier molecular flexibility index (Phi) is 7.11. The minimum atomic E-state index is -0.543. The van der Waals surface area contributed by atoms with Crippen molar-refractivity contribution in [3.8, 4) is 0 Å². The lowest BCUT2D eigenvalue weighted by Crippen LogP contribution is -2.27. The molecule has 2 aromatic rings. The summed E-state index contributed by atoms with van der Waals surface area (Å²) in [5.74, 6) is -1.75. The molecule has 0 heterocycles. The average Bonchev–Trinajstić information content (AvgIpc) is 2.67. The van der Waals surface area contributed by atoms with Gasteiger partial charge in [0.25, 0.3) is 5.91 Å². The number of rotatable bonds is 8. The maximum atomic E-state index is 12.6. The van der Waals surface area contributed by atoms with Crippen molar-refractivity contribution in [2.45, 2.75) is 26.2 Å². The van der Waals surface area contributed by atoms with Gasteiger partial charge in [0.2, 0.25) is 5.91 Å². The maximum Gasteiger partial charge on any atom is 0.314 e. The minimum Gasteiger partial charge on any atom is -0.455 e. The standard InChI is InChI=1S/C21H24N2O4/c1-3-14(2)19(15-7-5-4-6-8-15)21(26)27-13-18(24)23-17-11-9-16(10-12-17)20(22)25/h4-12,14,19H,3,13H2,1-2H3,(H2,22,25)(H,23,24)/t14-,19+/m0/s1. The summed E-state index contributed by atoms with van der Waals surface area (Å²) in [5.41, 5.74) is 6.88. The molecule has 2 rings (SSSR count). The van der Waals surface area contributed by atoms with Crippen LogP contribution in [0.2, 0.25) is 0 Å². The third-order valence-electron chi connectivity index (χ3n) is 4.42. The molecule has 0 spiro atoms. The van der Waals surface area contributed by atoms with E-state index in [2.05, 4.69) is 5.32 Å². The summed E-state index contributed by atoms with van der Waals surface area (Å²) in [6.07, 6.45) is 0.813. The third kappa shape index (κ3) is 5.67. The lowest BCUT2D eigenvalue weighted by atomic mass is 9.86. The fourth-order valence-corrected chi connectivity index (χ4v) is 2.73. The van der Waals surface area contributed by atoms with Gasteiger partial charge in [0.05, 0.1) is 5.92 Å². The Morgan fingerprint density at radius 1 is 1.04 bits per heavy atom. The van der Waals surface area contributed by atoms with Crippen molar-refractivity contribution in [3.63, 3.8) is 0 Å². The Morgan fingerprint density at radius 3 is 2.22 bits per heavy atom. The monoisotopic (exact) mass is 368 g/mol. The number of carbonyl (C=O) groups excluding carboxylic acids is 3. The van der Waals surface area contributed by atoms with Crippen LogP contribution in [0.25, 0.3) is 0 Å². The second-order valence-corrected chi connectivity index (χ2v) is 6.37. The van der Waals surface area contributed by atoms with E-state index >= 15 is 0 Å². The number of ether oxygens (including phenoxy) is 1. The predicted molar refractivity (Wildman–Crippen MR) is 103 cm³/mol. The van der Waals surface area contributed by atoms with Crippen LogP contribution in [-0.4, -0.2) is 24.4 Å². The van der Waals surface area contributed by atoms with Crippen LogP contribution in [0.1, 0.15) is 42.1 Å². The van der Waals surface area contributed by atoms with Gasteiger partial charge < -0.3 is 15.8 Å². The molecule has 2 atom stereocenters. The van der Waals surface area contributed by atoms with E-state index < -0.39 is 23.7 Å². The summed E-state index contributed by atoms with van der Waals surface area (Å²) in [4.78, 5) is 35.7. The van der Waals surface area contributed by atoms with Gasteiger partial charge in [-0.25, -0.2) is 0 Å². The molecule has 142 valence electrons. The quantitative estimate of drug-likeness (QED) is 0.700. The molecule has 0 bridgehead atoms. The minimum absolute atomic E-state index is 0.0873. The molecule has 6 heteroatoms. The van der Waals surface area contributed by atoms with Crippen molar-refractivity contribution in [1.29, 1.82) is 0 Å². The molecule has 0 aliphatic rings. The van der Waals surface area contributed by atoms with Crippen LogP contribution in [0.5, 0.6) is 0 Å². The normalized spacial score (nSPS) is 12.7. The van der Waals surface area contributed by atoms with Crippen molar-refractivity contribution in [2.75, 3.05) is 11.9 Å². The van der Waals surface area contributed by atoms with E-state index in [4.69, 9.17) is 10.5 Å². The zero-order valence-corrected chi connectivity index (χ0v) is 15.5. The van der Waals surface area contributed by atoms with E-state index in [1.54, 1.807) is 12.1 Å². The number of hydrogen-bond acceptors (Lipinski definition) is 4. The Morgan fingerprint density at radius 2 is 1.67 bits per heavy atom. The maximum absolute atomic E-state index is 12.6. The SMILES string of the molecule is CC[C@H](C)[C@@H](C(=O)OCC(=O)Nc1ccc(C(N)=O)cc1)c1ccccc1. The molecule has 6 nitrogen and oxygen atoms in total. The van der Waals surface area contributed by atoms with Crippen LogP contribution in [0.15, 0.2) is 54.6 Å². The molecule has 27 heavy (non-hydrogen) atoms. The topological polar surface area (TPSA) is 98.5 Å². The Balaban J connectivity index is 1.95. The average molecular weight is 368 g/mol. The number of carbonyl (C=O) groups is 3. The van der Waals surface area contributed by atoms with Gasteiger partial charge in [0, 0.05) is 11.3 Å². The van der Waals surface area contributed by atoms with Gasteiger partial charge in [-0.3, -0.25) is 14.4 Å². The van der Waals surface area contributed by atoms with Gasteiger partial charge in [0.15, 0.2) is 6.61 Å². The van der Waals surface area contributed by atoms with Crippen molar-refractivity contribution in [1.82, 2.24) is 0 Å². The van der Waals surface area contributed by atoms with Gasteiger partial charge in [-0.15, -0.1) is 0 Å². The van der Waals surface area contributed by atoms with Gasteiger partial charge in [-0.1, -0.05) is 50.6 Å². The third-order valence-corrected chi connectivity index (χ3v) is 4.42. The molecule has 0 radical (unpaired) electrons. The van der Waals surface area contributed by atoms with Gasteiger partial charge in [-0.2, -0.15) is 0 Å². The van der Waals surface area contributed by atoms with Crippen LogP contribution in [0, 0.1) is 5.92 Å². The molecule has 2 aromatic carbocycles. The first-order chi connectivity index (χ1) is 12.9. The first-order valence-corrected chi connectivity index (χ1v) is 8.83. The zero-order chi connectivity index (χ0) is 19.8. The molecule has 0 saturated heterocycles. The number of nitrogens with two attached hydrogens (primary N) is 1. The van der Waals surface area contributed by atoms with E-state index in [0.29, 0.717) is 11.3 Å². The first-order valence-electron chi connectivity index (χ1n) is 8.83. The van der Waals surface area contributed by atoms with Crippen LogP contribution < -0.4 is 11.1 Å². The highest BCUT2D eigenvalue weighted by atomic mass is 16.5. The molecule has 0 saturated carbocycles. The fraction of sp³-hybridized carbons (Fsp3) is 0.286.